The van der Waals surface area contributed by atoms with E-state index in [0.29, 0.717) is 12.1 Å². The Hall–Kier alpha value is -1.92. The third-order valence-electron chi connectivity index (χ3n) is 6.89. The van der Waals surface area contributed by atoms with E-state index in [2.05, 4.69) is 47.1 Å². The number of rotatable bonds is 0. The Morgan fingerprint density at radius 2 is 1.09 bits per heavy atom. The van der Waals surface area contributed by atoms with Gasteiger partial charge in [-0.1, -0.05) is 74.6 Å². The molecule has 0 spiro atoms. The van der Waals surface area contributed by atoms with E-state index in [-0.39, 0.29) is 17.1 Å². The molecular weight excluding hydrogens is 460 g/mol. The molecule has 0 radical (unpaired) electrons. The quantitative estimate of drug-likeness (QED) is 0.297. The van der Waals surface area contributed by atoms with Crippen molar-refractivity contribution in [3.63, 3.8) is 0 Å². The van der Waals surface area contributed by atoms with Gasteiger partial charge in [0.25, 0.3) is 0 Å². The van der Waals surface area contributed by atoms with Gasteiger partial charge < -0.3 is 21.3 Å². The molecule has 9 heteroatoms. The summed E-state index contributed by atoms with van der Waals surface area (Å²) >= 11 is 0. The smallest absolute Gasteiger partial charge is 4.00 e. The van der Waals surface area contributed by atoms with Crippen LogP contribution < -0.4 is 0 Å². The number of fused-ring (bicyclic) bond motifs is 6. The first-order valence-corrected chi connectivity index (χ1v) is 11.4. The second-order valence-electron chi connectivity index (χ2n) is 8.60. The molecule has 1 aromatic rings. The Labute approximate surface area is 206 Å². The van der Waals surface area contributed by atoms with Crippen LogP contribution in [0.15, 0.2) is 24.3 Å². The molecule has 174 valence electrons. The van der Waals surface area contributed by atoms with Gasteiger partial charge in [-0.3, -0.25) is 0 Å². The first-order chi connectivity index (χ1) is 15.9. The van der Waals surface area contributed by atoms with Gasteiger partial charge in [0.15, 0.2) is 0 Å². The number of nitrogens with zero attached hydrogens (tertiary/aromatic N) is 6. The van der Waals surface area contributed by atoms with E-state index in [4.69, 9.17) is 31.1 Å². The summed E-state index contributed by atoms with van der Waals surface area (Å²) in [5.41, 5.74) is 16.0. The van der Waals surface area contributed by atoms with Gasteiger partial charge >= 0.3 is 37.5 Å². The average Bonchev–Trinajstić information content (AvgIpc) is 2.91. The molecule has 1 aliphatic carbocycles. The van der Waals surface area contributed by atoms with E-state index in [1.807, 2.05) is 0 Å². The van der Waals surface area contributed by atoms with Crippen LogP contribution >= 0.6 is 0 Å². The van der Waals surface area contributed by atoms with Crippen molar-refractivity contribution in [2.45, 2.75) is 50.6 Å². The van der Waals surface area contributed by atoms with Crippen LogP contribution in [0.4, 0.5) is 11.4 Å². The van der Waals surface area contributed by atoms with Crippen LogP contribution in [0.2, 0.25) is 0 Å². The van der Waals surface area contributed by atoms with Crippen molar-refractivity contribution in [3.8, 4) is 0 Å². The largest absolute Gasteiger partial charge is 4.00 e. The fourth-order valence-corrected chi connectivity index (χ4v) is 5.52. The number of benzene rings is 1. The molecule has 4 heterocycles. The maximum atomic E-state index is 7.25. The van der Waals surface area contributed by atoms with E-state index in [0.717, 1.165) is 49.4 Å². The molecule has 8 nitrogen and oxygen atoms in total. The van der Waals surface area contributed by atoms with Crippen LogP contribution in [-0.2, 0) is 26.6 Å². The third kappa shape index (κ3) is 6.57. The van der Waals surface area contributed by atoms with Gasteiger partial charge in [0.05, 0.1) is 0 Å². The molecule has 0 amide bonds. The second-order valence-corrected chi connectivity index (χ2v) is 8.60. The molecule has 3 fully saturated rings. The van der Waals surface area contributed by atoms with Crippen LogP contribution in [0.25, 0.3) is 33.4 Å². The SMILES string of the molecule is C1=Cc2ccc3c(c2[N-]C1)[N-]CC=C3.C1C[N-]C2C(C1)CCC1CCC[N-]C12.N#[O+].N#[O+].[Fe+4]. The minimum atomic E-state index is 0. The Morgan fingerprint density at radius 1 is 0.667 bits per heavy atom. The van der Waals surface area contributed by atoms with E-state index in [1.54, 1.807) is 0 Å². The van der Waals surface area contributed by atoms with Gasteiger partial charge in [0, 0.05) is 0 Å². The van der Waals surface area contributed by atoms with Crippen molar-refractivity contribution < 1.29 is 26.6 Å². The summed E-state index contributed by atoms with van der Waals surface area (Å²) in [5.74, 6) is 1.79. The van der Waals surface area contributed by atoms with Crippen molar-refractivity contribution in [2.24, 2.45) is 11.8 Å². The molecule has 0 N–H and O–H groups in total. The Kier molecular flexibility index (Phi) is 11.9. The van der Waals surface area contributed by atoms with Crippen molar-refractivity contribution in [2.75, 3.05) is 26.2 Å². The molecule has 0 aromatic heterocycles. The Bertz CT molecular complexity index is 787. The van der Waals surface area contributed by atoms with Gasteiger partial charge in [0.2, 0.25) is 0 Å². The Balaban J connectivity index is 0.000000198. The van der Waals surface area contributed by atoms with Crippen molar-refractivity contribution in [1.29, 1.82) is 10.9 Å². The minimum Gasteiger partial charge on any atom is 4.00 e. The molecule has 5 aliphatic rings. The molecule has 0 bridgehead atoms. The zero-order valence-electron chi connectivity index (χ0n) is 18.7. The monoisotopic (exact) mass is 490 g/mol. The van der Waals surface area contributed by atoms with Crippen LogP contribution in [-0.4, -0.2) is 38.3 Å². The van der Waals surface area contributed by atoms with Crippen molar-refractivity contribution in [3.05, 3.63) is 56.7 Å². The average molecular weight is 490 g/mol. The van der Waals surface area contributed by atoms with E-state index in [9.17, 15) is 0 Å². The Morgan fingerprint density at radius 3 is 1.52 bits per heavy atom. The predicted molar refractivity (Wildman–Crippen MR) is 124 cm³/mol. The maximum Gasteiger partial charge on any atom is 4.00 e. The zero-order valence-corrected chi connectivity index (χ0v) is 19.8. The van der Waals surface area contributed by atoms with E-state index < -0.39 is 0 Å². The second kappa shape index (κ2) is 14.4. The van der Waals surface area contributed by atoms with Gasteiger partial charge in [-0.25, -0.2) is 0 Å². The van der Waals surface area contributed by atoms with Crippen molar-refractivity contribution in [1.82, 2.24) is 0 Å². The topological polar surface area (TPSA) is 144 Å². The minimum absolute atomic E-state index is 0. The first-order valence-electron chi connectivity index (χ1n) is 11.4. The summed E-state index contributed by atoms with van der Waals surface area (Å²) in [6.07, 6.45) is 16.8. The standard InChI is InChI=1S/C12H20N2.C12H10N2.Fe.2NO/c2*1-3-9-5-6-10-4-2-8-14-12(10)11(9)13-7-1;;2*1-2/h9-12H,1-8H2;1-6H,7-8H2;;;/q2*-2;+4;2*+1. The van der Waals surface area contributed by atoms with E-state index in [1.165, 1.54) is 49.7 Å². The summed E-state index contributed by atoms with van der Waals surface area (Å²) in [5, 5.41) is 18.7. The third-order valence-corrected chi connectivity index (χ3v) is 6.89. The van der Waals surface area contributed by atoms with Crippen LogP contribution in [0, 0.1) is 22.8 Å². The normalized spacial score (nSPS) is 27.5. The molecular formula is C24H30FeN6O2+2. The molecule has 4 unspecified atom stereocenters. The molecule has 4 atom stereocenters. The van der Waals surface area contributed by atoms with Crippen LogP contribution in [0.3, 0.4) is 0 Å². The van der Waals surface area contributed by atoms with Gasteiger partial charge in [0.1, 0.15) is 0 Å². The summed E-state index contributed by atoms with van der Waals surface area (Å²) in [6, 6.07) is 5.47. The zero-order chi connectivity index (χ0) is 22.8. The number of hydrogen-bond acceptors (Lipinski definition) is 2. The first kappa shape index (κ1) is 27.3. The molecule has 4 aliphatic heterocycles. The molecule has 1 saturated carbocycles. The molecule has 6 rings (SSSR count). The fourth-order valence-electron chi connectivity index (χ4n) is 5.52. The summed E-state index contributed by atoms with van der Waals surface area (Å²) in [4.78, 5) is 0. The van der Waals surface area contributed by atoms with Crippen molar-refractivity contribution >= 4 is 23.5 Å². The van der Waals surface area contributed by atoms with Crippen LogP contribution in [0.1, 0.15) is 49.7 Å². The van der Waals surface area contributed by atoms with E-state index >= 15 is 0 Å². The summed E-state index contributed by atoms with van der Waals surface area (Å²) < 4.78 is 14.5. The van der Waals surface area contributed by atoms with Gasteiger partial charge in [-0.2, -0.15) is 0 Å². The molecule has 1 aromatic carbocycles. The van der Waals surface area contributed by atoms with Crippen LogP contribution in [0.5, 0.6) is 0 Å². The number of piperidine rings is 2. The summed E-state index contributed by atoms with van der Waals surface area (Å²) in [7, 11) is 0. The molecule has 2 saturated heterocycles. The van der Waals surface area contributed by atoms with Gasteiger partial charge in [-0.05, 0) is 11.1 Å². The molecule has 33 heavy (non-hydrogen) atoms. The predicted octanol–water partition coefficient (Wildman–Crippen LogP) is 6.63. The fraction of sp³-hybridized carbons (Fsp3) is 0.583. The number of hydrogen-bond donors (Lipinski definition) is 0. The maximum absolute atomic E-state index is 7.25. The van der Waals surface area contributed by atoms with Gasteiger partial charge in [-0.15, -0.1) is 61.8 Å². The summed E-state index contributed by atoms with van der Waals surface area (Å²) in [6.45, 7) is 3.78.